The molecule has 0 aliphatic carbocycles. The van der Waals surface area contributed by atoms with E-state index >= 15 is 0 Å². The number of nitrogens with zero attached hydrogens (tertiary/aromatic N) is 2. The molecule has 3 aromatic carbocycles. The molecular formula is C25H20Cl2N2O3. The second-order valence-corrected chi connectivity index (χ2v) is 7.80. The number of benzene rings is 3. The second-order valence-electron chi connectivity index (χ2n) is 6.92. The molecule has 0 fully saturated rings. The van der Waals surface area contributed by atoms with Crippen LogP contribution < -0.4 is 4.74 Å². The Bertz CT molecular complexity index is 1210. The highest BCUT2D eigenvalue weighted by Gasteiger charge is 2.26. The summed E-state index contributed by atoms with van der Waals surface area (Å²) in [4.78, 5) is 12.7. The van der Waals surface area contributed by atoms with E-state index in [-0.39, 0.29) is 6.61 Å². The maximum Gasteiger partial charge on any atom is 0.352 e. The molecule has 162 valence electrons. The van der Waals surface area contributed by atoms with E-state index in [0.717, 1.165) is 5.69 Å². The Balaban J connectivity index is 1.71. The van der Waals surface area contributed by atoms with Gasteiger partial charge in [-0.3, -0.25) is 0 Å². The minimum atomic E-state index is -0.969. The maximum absolute atomic E-state index is 12.7. The molecule has 0 radical (unpaired) electrons. The fraction of sp³-hybridized carbons (Fsp3) is 0.120. The lowest BCUT2D eigenvalue weighted by Crippen LogP contribution is -2.21. The van der Waals surface area contributed by atoms with Crippen LogP contribution in [0.15, 0.2) is 85.1 Å². The van der Waals surface area contributed by atoms with Crippen LogP contribution in [0.1, 0.15) is 18.6 Å². The zero-order chi connectivity index (χ0) is 22.5. The zero-order valence-corrected chi connectivity index (χ0v) is 18.8. The van der Waals surface area contributed by atoms with Crippen molar-refractivity contribution in [2.24, 2.45) is 0 Å². The zero-order valence-electron chi connectivity index (χ0n) is 17.2. The summed E-state index contributed by atoms with van der Waals surface area (Å²) >= 11 is 12.3. The van der Waals surface area contributed by atoms with Crippen LogP contribution in [0.25, 0.3) is 16.9 Å². The summed E-state index contributed by atoms with van der Waals surface area (Å²) in [6.07, 6.45) is 0.889. The van der Waals surface area contributed by atoms with Crippen LogP contribution in [0.3, 0.4) is 0 Å². The van der Waals surface area contributed by atoms with Crippen LogP contribution in [0.4, 0.5) is 0 Å². The summed E-state index contributed by atoms with van der Waals surface area (Å²) in [6, 6.07) is 23.7. The normalized spacial score (nSPS) is 11.7. The Labute approximate surface area is 196 Å². The molecule has 1 atom stereocenters. The van der Waals surface area contributed by atoms with Gasteiger partial charge in [-0.05, 0) is 55.5 Å². The van der Waals surface area contributed by atoms with Crippen molar-refractivity contribution in [2.45, 2.75) is 13.0 Å². The van der Waals surface area contributed by atoms with Crippen molar-refractivity contribution < 1.29 is 14.3 Å². The highest BCUT2D eigenvalue weighted by atomic mass is 35.5. The lowest BCUT2D eigenvalue weighted by atomic mass is 10.1. The van der Waals surface area contributed by atoms with Gasteiger partial charge < -0.3 is 9.47 Å². The number of carbonyl (C=O) groups excluding carboxylic acids is 1. The highest BCUT2D eigenvalue weighted by molar-refractivity contribution is 6.31. The Morgan fingerprint density at radius 1 is 0.969 bits per heavy atom. The average Bonchev–Trinajstić information content (AvgIpc) is 3.30. The monoisotopic (exact) mass is 466 g/mol. The third-order valence-corrected chi connectivity index (χ3v) is 5.23. The largest absolute Gasteiger partial charge is 0.473 e. The number of para-hydroxylation sites is 1. The molecule has 5 nitrogen and oxygen atoms in total. The van der Waals surface area contributed by atoms with Gasteiger partial charge in [0.2, 0.25) is 6.10 Å². The molecule has 0 aliphatic rings. The molecule has 32 heavy (non-hydrogen) atoms. The van der Waals surface area contributed by atoms with Gasteiger partial charge in [0.1, 0.15) is 5.75 Å². The number of esters is 1. The van der Waals surface area contributed by atoms with Crippen LogP contribution in [-0.4, -0.2) is 22.4 Å². The first-order valence-electron chi connectivity index (χ1n) is 10.0. The van der Waals surface area contributed by atoms with Gasteiger partial charge >= 0.3 is 5.97 Å². The molecule has 0 amide bonds. The van der Waals surface area contributed by atoms with Crippen molar-refractivity contribution in [1.82, 2.24) is 9.78 Å². The van der Waals surface area contributed by atoms with Gasteiger partial charge in [-0.15, -0.1) is 0 Å². The summed E-state index contributed by atoms with van der Waals surface area (Å²) in [6.45, 7) is 1.99. The predicted molar refractivity (Wildman–Crippen MR) is 125 cm³/mol. The molecule has 0 aliphatic heterocycles. The van der Waals surface area contributed by atoms with E-state index < -0.39 is 12.1 Å². The van der Waals surface area contributed by atoms with Crippen molar-refractivity contribution in [3.8, 4) is 22.7 Å². The SMILES string of the molecule is CCOC(=O)C(Oc1ccc(Cl)cc1-c1ccn(-c2ccccc2)n1)c1ccc(Cl)cc1. The number of hydrogen-bond acceptors (Lipinski definition) is 4. The summed E-state index contributed by atoms with van der Waals surface area (Å²) in [5.41, 5.74) is 2.87. The minimum absolute atomic E-state index is 0.237. The van der Waals surface area contributed by atoms with Gasteiger partial charge in [0.15, 0.2) is 0 Å². The number of halogens is 2. The summed E-state index contributed by atoms with van der Waals surface area (Å²) in [5.74, 6) is -0.0359. The Kier molecular flexibility index (Phi) is 6.78. The van der Waals surface area contributed by atoms with Crippen LogP contribution in [0, 0.1) is 0 Å². The smallest absolute Gasteiger partial charge is 0.352 e. The Hall–Kier alpha value is -3.28. The van der Waals surface area contributed by atoms with E-state index in [1.165, 1.54) is 0 Å². The third kappa shape index (κ3) is 4.96. The van der Waals surface area contributed by atoms with E-state index in [4.69, 9.17) is 32.7 Å². The second kappa shape index (κ2) is 9.90. The number of carbonyl (C=O) groups is 1. The van der Waals surface area contributed by atoms with Crippen LogP contribution in [0.5, 0.6) is 5.75 Å². The van der Waals surface area contributed by atoms with Crippen LogP contribution >= 0.6 is 23.2 Å². The molecule has 4 aromatic rings. The van der Waals surface area contributed by atoms with Gasteiger partial charge in [-0.1, -0.05) is 53.5 Å². The van der Waals surface area contributed by atoms with Gasteiger partial charge in [-0.25, -0.2) is 9.48 Å². The first kappa shape index (κ1) is 21.9. The predicted octanol–water partition coefficient (Wildman–Crippen LogP) is 6.53. The Morgan fingerprint density at radius 2 is 1.69 bits per heavy atom. The molecule has 7 heteroatoms. The number of ether oxygens (including phenoxy) is 2. The first-order chi connectivity index (χ1) is 15.5. The van der Waals surface area contributed by atoms with E-state index in [9.17, 15) is 4.79 Å². The molecule has 0 N–H and O–H groups in total. The van der Waals surface area contributed by atoms with Gasteiger partial charge in [0, 0.05) is 27.4 Å². The molecule has 4 rings (SSSR count). The maximum atomic E-state index is 12.7. The quantitative estimate of drug-likeness (QED) is 0.290. The molecule has 0 saturated carbocycles. The summed E-state index contributed by atoms with van der Waals surface area (Å²) in [7, 11) is 0. The number of aromatic nitrogens is 2. The van der Waals surface area contributed by atoms with Gasteiger partial charge in [0.25, 0.3) is 0 Å². The lowest BCUT2D eigenvalue weighted by Gasteiger charge is -2.20. The van der Waals surface area contributed by atoms with Crippen molar-refractivity contribution in [3.05, 3.63) is 101 Å². The van der Waals surface area contributed by atoms with E-state index in [1.807, 2.05) is 42.6 Å². The van der Waals surface area contributed by atoms with Gasteiger partial charge in [-0.2, -0.15) is 5.10 Å². The van der Waals surface area contributed by atoms with E-state index in [0.29, 0.717) is 32.6 Å². The van der Waals surface area contributed by atoms with Crippen molar-refractivity contribution in [3.63, 3.8) is 0 Å². The highest BCUT2D eigenvalue weighted by Crippen LogP contribution is 2.35. The fourth-order valence-electron chi connectivity index (χ4n) is 3.23. The molecular weight excluding hydrogens is 447 g/mol. The molecule has 0 spiro atoms. The molecule has 1 aromatic heterocycles. The molecule has 1 unspecified atom stereocenters. The van der Waals surface area contributed by atoms with Crippen LogP contribution in [-0.2, 0) is 9.53 Å². The fourth-order valence-corrected chi connectivity index (χ4v) is 3.53. The van der Waals surface area contributed by atoms with E-state index in [1.54, 1.807) is 54.1 Å². The first-order valence-corrected chi connectivity index (χ1v) is 10.8. The molecule has 0 saturated heterocycles. The topological polar surface area (TPSA) is 53.4 Å². The van der Waals surface area contributed by atoms with Crippen LogP contribution in [0.2, 0.25) is 10.0 Å². The third-order valence-electron chi connectivity index (χ3n) is 4.75. The lowest BCUT2D eigenvalue weighted by molar-refractivity contribution is -0.151. The Morgan fingerprint density at radius 3 is 2.41 bits per heavy atom. The molecule has 1 heterocycles. The standard InChI is InChI=1S/C25H20Cl2N2O3/c1-2-31-25(30)24(17-8-10-18(26)11-9-17)32-23-13-12-19(27)16-21(23)22-14-15-29(28-22)20-6-4-3-5-7-20/h3-16,24H,2H2,1H3. The van der Waals surface area contributed by atoms with Gasteiger partial charge in [0.05, 0.1) is 18.0 Å². The average molecular weight is 467 g/mol. The van der Waals surface area contributed by atoms with E-state index in [2.05, 4.69) is 5.10 Å². The van der Waals surface area contributed by atoms with Crippen molar-refractivity contribution >= 4 is 29.2 Å². The summed E-state index contributed by atoms with van der Waals surface area (Å²) in [5, 5.41) is 5.76. The van der Waals surface area contributed by atoms with Crippen molar-refractivity contribution in [1.29, 1.82) is 0 Å². The number of rotatable bonds is 7. The minimum Gasteiger partial charge on any atom is -0.473 e. The van der Waals surface area contributed by atoms with Crippen molar-refractivity contribution in [2.75, 3.05) is 6.61 Å². The number of hydrogen-bond donors (Lipinski definition) is 0. The summed E-state index contributed by atoms with van der Waals surface area (Å²) < 4.78 is 13.2. The molecule has 0 bridgehead atoms.